The molecule has 0 saturated heterocycles. The van der Waals surface area contributed by atoms with Crippen molar-refractivity contribution in [3.63, 3.8) is 0 Å². The SMILES string of the molecule is COc1c(Cl)cccc1C(C)ON. The van der Waals surface area contributed by atoms with E-state index in [0.29, 0.717) is 10.8 Å². The summed E-state index contributed by atoms with van der Waals surface area (Å²) in [5, 5.41) is 0.559. The smallest absolute Gasteiger partial charge is 0.143 e. The Morgan fingerprint density at radius 1 is 1.46 bits per heavy atom. The molecule has 0 aliphatic rings. The molecule has 1 aromatic carbocycles. The van der Waals surface area contributed by atoms with E-state index < -0.39 is 0 Å². The van der Waals surface area contributed by atoms with Gasteiger partial charge in [-0.2, -0.15) is 0 Å². The summed E-state index contributed by atoms with van der Waals surface area (Å²) >= 11 is 5.91. The van der Waals surface area contributed by atoms with E-state index in [0.717, 1.165) is 5.56 Å². The second kappa shape index (κ2) is 4.46. The van der Waals surface area contributed by atoms with Gasteiger partial charge in [-0.15, -0.1) is 0 Å². The van der Waals surface area contributed by atoms with E-state index in [-0.39, 0.29) is 6.10 Å². The van der Waals surface area contributed by atoms with Crippen LogP contribution in [0, 0.1) is 0 Å². The summed E-state index contributed by atoms with van der Waals surface area (Å²) in [6.07, 6.45) is -0.228. The highest BCUT2D eigenvalue weighted by atomic mass is 35.5. The molecule has 0 saturated carbocycles. The lowest BCUT2D eigenvalue weighted by atomic mass is 10.1. The molecule has 0 bridgehead atoms. The van der Waals surface area contributed by atoms with Crippen LogP contribution in [0.4, 0.5) is 0 Å². The van der Waals surface area contributed by atoms with Crippen LogP contribution in [0.15, 0.2) is 18.2 Å². The van der Waals surface area contributed by atoms with Crippen LogP contribution in [0.25, 0.3) is 0 Å². The monoisotopic (exact) mass is 201 g/mol. The molecule has 0 fully saturated rings. The minimum Gasteiger partial charge on any atom is -0.495 e. The first-order valence-electron chi connectivity index (χ1n) is 3.88. The third-order valence-electron chi connectivity index (χ3n) is 1.84. The lowest BCUT2D eigenvalue weighted by Gasteiger charge is -2.14. The third-order valence-corrected chi connectivity index (χ3v) is 2.14. The first-order chi connectivity index (χ1) is 6.20. The first kappa shape index (κ1) is 10.3. The summed E-state index contributed by atoms with van der Waals surface area (Å²) in [6.45, 7) is 1.83. The second-order valence-electron chi connectivity index (χ2n) is 2.64. The van der Waals surface area contributed by atoms with E-state index in [9.17, 15) is 0 Å². The Balaban J connectivity index is 3.12. The second-order valence-corrected chi connectivity index (χ2v) is 3.05. The van der Waals surface area contributed by atoms with Gasteiger partial charge in [0.15, 0.2) is 0 Å². The minimum absolute atomic E-state index is 0.228. The maximum atomic E-state index is 5.91. The van der Waals surface area contributed by atoms with Crippen LogP contribution in [0.1, 0.15) is 18.6 Å². The molecule has 0 radical (unpaired) electrons. The Bertz CT molecular complexity index is 291. The lowest BCUT2D eigenvalue weighted by Crippen LogP contribution is -2.07. The van der Waals surface area contributed by atoms with Crippen LogP contribution in [0.2, 0.25) is 5.02 Å². The van der Waals surface area contributed by atoms with E-state index >= 15 is 0 Å². The first-order valence-corrected chi connectivity index (χ1v) is 4.26. The Hall–Kier alpha value is -0.770. The molecule has 1 atom stereocenters. The predicted molar refractivity (Wildman–Crippen MR) is 51.7 cm³/mol. The van der Waals surface area contributed by atoms with Gasteiger partial charge in [-0.05, 0) is 13.0 Å². The number of hydrogen-bond donors (Lipinski definition) is 1. The molecular formula is C9H12ClNO2. The maximum Gasteiger partial charge on any atom is 0.143 e. The summed E-state index contributed by atoms with van der Waals surface area (Å²) in [5.41, 5.74) is 0.845. The summed E-state index contributed by atoms with van der Waals surface area (Å²) in [7, 11) is 1.56. The Morgan fingerprint density at radius 2 is 2.15 bits per heavy atom. The van der Waals surface area contributed by atoms with Gasteiger partial charge in [-0.3, -0.25) is 4.84 Å². The molecule has 1 aromatic rings. The average molecular weight is 202 g/mol. The predicted octanol–water partition coefficient (Wildman–Crippen LogP) is 2.30. The molecule has 2 N–H and O–H groups in total. The molecular weight excluding hydrogens is 190 g/mol. The van der Waals surface area contributed by atoms with Gasteiger partial charge >= 0.3 is 0 Å². The number of halogens is 1. The van der Waals surface area contributed by atoms with Crippen molar-refractivity contribution in [2.75, 3.05) is 7.11 Å². The quantitative estimate of drug-likeness (QED) is 0.764. The molecule has 4 heteroatoms. The standard InChI is InChI=1S/C9H12ClNO2/c1-6(13-11)7-4-3-5-8(10)9(7)12-2/h3-6H,11H2,1-2H3. The van der Waals surface area contributed by atoms with Gasteiger partial charge in [0.2, 0.25) is 0 Å². The zero-order valence-corrected chi connectivity index (χ0v) is 8.34. The van der Waals surface area contributed by atoms with Crippen molar-refractivity contribution in [1.29, 1.82) is 0 Å². The molecule has 0 aliphatic carbocycles. The topological polar surface area (TPSA) is 44.5 Å². The number of methoxy groups -OCH3 is 1. The van der Waals surface area contributed by atoms with Gasteiger partial charge < -0.3 is 4.74 Å². The summed E-state index contributed by atoms with van der Waals surface area (Å²) < 4.78 is 5.13. The molecule has 3 nitrogen and oxygen atoms in total. The zero-order valence-electron chi connectivity index (χ0n) is 7.58. The number of hydrogen-bond acceptors (Lipinski definition) is 3. The van der Waals surface area contributed by atoms with Crippen molar-refractivity contribution in [3.8, 4) is 5.75 Å². The number of benzene rings is 1. The van der Waals surface area contributed by atoms with Gasteiger partial charge in [0.25, 0.3) is 0 Å². The van der Waals surface area contributed by atoms with Crippen molar-refractivity contribution < 1.29 is 9.57 Å². The van der Waals surface area contributed by atoms with Crippen LogP contribution in [0.5, 0.6) is 5.75 Å². The van der Waals surface area contributed by atoms with Crippen LogP contribution in [-0.2, 0) is 4.84 Å². The van der Waals surface area contributed by atoms with Crippen molar-refractivity contribution >= 4 is 11.6 Å². The number of rotatable bonds is 3. The molecule has 1 rings (SSSR count). The van der Waals surface area contributed by atoms with Gasteiger partial charge in [-0.25, -0.2) is 5.90 Å². The van der Waals surface area contributed by atoms with Crippen molar-refractivity contribution in [2.24, 2.45) is 5.90 Å². The average Bonchev–Trinajstić information content (AvgIpc) is 2.16. The number of nitrogens with two attached hydrogens (primary N) is 1. The van der Waals surface area contributed by atoms with E-state index in [4.69, 9.17) is 27.1 Å². The van der Waals surface area contributed by atoms with Crippen molar-refractivity contribution in [1.82, 2.24) is 0 Å². The van der Waals surface area contributed by atoms with Crippen molar-refractivity contribution in [2.45, 2.75) is 13.0 Å². The van der Waals surface area contributed by atoms with E-state index in [1.165, 1.54) is 0 Å². The fourth-order valence-electron chi connectivity index (χ4n) is 1.13. The van der Waals surface area contributed by atoms with Gasteiger partial charge in [-0.1, -0.05) is 23.7 Å². The summed E-state index contributed by atoms with van der Waals surface area (Å²) in [4.78, 5) is 4.70. The van der Waals surface area contributed by atoms with Gasteiger partial charge in [0.1, 0.15) is 11.9 Å². The van der Waals surface area contributed by atoms with E-state index in [1.807, 2.05) is 19.1 Å². The Morgan fingerprint density at radius 3 is 2.69 bits per heavy atom. The number of para-hydroxylation sites is 1. The molecule has 13 heavy (non-hydrogen) atoms. The largest absolute Gasteiger partial charge is 0.495 e. The highest BCUT2D eigenvalue weighted by Gasteiger charge is 2.13. The Kier molecular flexibility index (Phi) is 3.54. The Labute approximate surface area is 82.4 Å². The van der Waals surface area contributed by atoms with Gasteiger partial charge in [0, 0.05) is 5.56 Å². The highest BCUT2D eigenvalue weighted by Crippen LogP contribution is 2.32. The maximum absolute atomic E-state index is 5.91. The van der Waals surface area contributed by atoms with Crippen molar-refractivity contribution in [3.05, 3.63) is 28.8 Å². The minimum atomic E-state index is -0.228. The zero-order chi connectivity index (χ0) is 9.84. The molecule has 0 amide bonds. The molecule has 0 spiro atoms. The highest BCUT2D eigenvalue weighted by molar-refractivity contribution is 6.32. The van der Waals surface area contributed by atoms with Crippen LogP contribution >= 0.6 is 11.6 Å². The molecule has 0 aliphatic heterocycles. The van der Waals surface area contributed by atoms with E-state index in [1.54, 1.807) is 13.2 Å². The molecule has 1 unspecified atom stereocenters. The summed E-state index contributed by atoms with van der Waals surface area (Å²) in [5.74, 6) is 5.69. The lowest BCUT2D eigenvalue weighted by molar-refractivity contribution is 0.0646. The third kappa shape index (κ3) is 2.12. The van der Waals surface area contributed by atoms with Crippen LogP contribution < -0.4 is 10.6 Å². The van der Waals surface area contributed by atoms with Crippen LogP contribution in [-0.4, -0.2) is 7.11 Å². The molecule has 0 heterocycles. The fraction of sp³-hybridized carbons (Fsp3) is 0.333. The molecule has 72 valence electrons. The number of ether oxygens (including phenoxy) is 1. The van der Waals surface area contributed by atoms with Crippen LogP contribution in [0.3, 0.4) is 0 Å². The van der Waals surface area contributed by atoms with Gasteiger partial charge in [0.05, 0.1) is 12.1 Å². The van der Waals surface area contributed by atoms with E-state index in [2.05, 4.69) is 0 Å². The normalized spacial score (nSPS) is 12.6. The fourth-order valence-corrected chi connectivity index (χ4v) is 1.39. The summed E-state index contributed by atoms with van der Waals surface area (Å²) in [6, 6.07) is 5.45. The molecule has 0 aromatic heterocycles.